The van der Waals surface area contributed by atoms with Gasteiger partial charge in [-0.1, -0.05) is 6.92 Å². The van der Waals surface area contributed by atoms with Crippen molar-refractivity contribution in [1.29, 1.82) is 0 Å². The molecule has 122 valence electrons. The quantitative estimate of drug-likeness (QED) is 0.755. The molecule has 3 saturated heterocycles. The number of rotatable bonds is 6. The fourth-order valence-corrected chi connectivity index (χ4v) is 4.24. The molecule has 3 heterocycles. The maximum Gasteiger partial charge on any atom is 0.0707 e. The number of hydrogen-bond acceptors (Lipinski definition) is 4. The summed E-state index contributed by atoms with van der Waals surface area (Å²) in [6.45, 7) is 10.7. The first-order chi connectivity index (χ1) is 10.3. The van der Waals surface area contributed by atoms with Gasteiger partial charge in [0.25, 0.3) is 0 Å². The molecule has 0 aromatic heterocycles. The van der Waals surface area contributed by atoms with Gasteiger partial charge in [0.15, 0.2) is 0 Å². The van der Waals surface area contributed by atoms with Gasteiger partial charge in [-0.2, -0.15) is 0 Å². The maximum atomic E-state index is 6.25. The minimum atomic E-state index is 0.455. The van der Waals surface area contributed by atoms with E-state index in [4.69, 9.17) is 4.74 Å². The number of hydrogen-bond donors (Lipinski definition) is 1. The van der Waals surface area contributed by atoms with Crippen LogP contribution < -0.4 is 5.32 Å². The van der Waals surface area contributed by atoms with Crippen molar-refractivity contribution in [2.75, 3.05) is 45.8 Å². The maximum absolute atomic E-state index is 6.25. The molecular weight excluding hydrogens is 262 g/mol. The molecule has 0 radical (unpaired) electrons. The lowest BCUT2D eigenvalue weighted by atomic mass is 10.1. The van der Waals surface area contributed by atoms with Crippen LogP contribution in [0, 0.1) is 0 Å². The molecule has 0 bridgehead atoms. The van der Waals surface area contributed by atoms with E-state index >= 15 is 0 Å². The van der Waals surface area contributed by atoms with Gasteiger partial charge in [-0.15, -0.1) is 0 Å². The van der Waals surface area contributed by atoms with E-state index in [1.54, 1.807) is 0 Å². The van der Waals surface area contributed by atoms with Crippen molar-refractivity contribution >= 4 is 0 Å². The smallest absolute Gasteiger partial charge is 0.0707 e. The highest BCUT2D eigenvalue weighted by Gasteiger charge is 2.31. The number of nitrogens with zero attached hydrogens (tertiary/aromatic N) is 2. The van der Waals surface area contributed by atoms with Crippen LogP contribution in [0.4, 0.5) is 0 Å². The zero-order chi connectivity index (χ0) is 14.5. The molecule has 4 nitrogen and oxygen atoms in total. The lowest BCUT2D eigenvalue weighted by Gasteiger charge is -2.27. The average molecular weight is 295 g/mol. The molecule has 0 aliphatic carbocycles. The first-order valence-corrected chi connectivity index (χ1v) is 9.17. The Labute approximate surface area is 130 Å². The zero-order valence-corrected chi connectivity index (χ0v) is 13.7. The molecule has 0 aromatic carbocycles. The Morgan fingerprint density at radius 2 is 1.90 bits per heavy atom. The van der Waals surface area contributed by atoms with Crippen molar-refractivity contribution in [2.24, 2.45) is 0 Å². The Balaban J connectivity index is 1.40. The topological polar surface area (TPSA) is 27.7 Å². The first-order valence-electron chi connectivity index (χ1n) is 9.17. The summed E-state index contributed by atoms with van der Waals surface area (Å²) in [5.41, 5.74) is 0. The minimum absolute atomic E-state index is 0.455. The molecule has 3 unspecified atom stereocenters. The SMILES string of the molecule is CCCNCC1CCC(CN2CCCN3CCCC3C2)O1. The second-order valence-corrected chi connectivity index (χ2v) is 7.11. The van der Waals surface area contributed by atoms with E-state index in [-0.39, 0.29) is 0 Å². The lowest BCUT2D eigenvalue weighted by Crippen LogP contribution is -2.40. The summed E-state index contributed by atoms with van der Waals surface area (Å²) in [5, 5.41) is 3.50. The lowest BCUT2D eigenvalue weighted by molar-refractivity contribution is 0.0224. The van der Waals surface area contributed by atoms with Gasteiger partial charge >= 0.3 is 0 Å². The normalized spacial score (nSPS) is 35.0. The fraction of sp³-hybridized carbons (Fsp3) is 1.00. The molecular formula is C17H33N3O. The summed E-state index contributed by atoms with van der Waals surface area (Å²) >= 11 is 0. The van der Waals surface area contributed by atoms with Crippen LogP contribution in [0.15, 0.2) is 0 Å². The van der Waals surface area contributed by atoms with Crippen molar-refractivity contribution in [3.63, 3.8) is 0 Å². The van der Waals surface area contributed by atoms with E-state index in [1.165, 1.54) is 64.7 Å². The molecule has 3 fully saturated rings. The van der Waals surface area contributed by atoms with E-state index in [0.717, 1.165) is 25.7 Å². The molecule has 4 heteroatoms. The summed E-state index contributed by atoms with van der Waals surface area (Å²) < 4.78 is 6.25. The summed E-state index contributed by atoms with van der Waals surface area (Å²) in [5.74, 6) is 0. The monoisotopic (exact) mass is 295 g/mol. The van der Waals surface area contributed by atoms with Crippen LogP contribution in [0.1, 0.15) is 45.4 Å². The Morgan fingerprint density at radius 3 is 2.81 bits per heavy atom. The van der Waals surface area contributed by atoms with Crippen molar-refractivity contribution in [3.8, 4) is 0 Å². The Morgan fingerprint density at radius 1 is 1.05 bits per heavy atom. The third-order valence-corrected chi connectivity index (χ3v) is 5.34. The molecule has 1 N–H and O–H groups in total. The summed E-state index contributed by atoms with van der Waals surface area (Å²) in [6.07, 6.45) is 8.79. The highest BCUT2D eigenvalue weighted by Crippen LogP contribution is 2.24. The summed E-state index contributed by atoms with van der Waals surface area (Å²) in [4.78, 5) is 5.40. The second-order valence-electron chi connectivity index (χ2n) is 7.11. The largest absolute Gasteiger partial charge is 0.372 e. The van der Waals surface area contributed by atoms with E-state index in [1.807, 2.05) is 0 Å². The molecule has 0 saturated carbocycles. The van der Waals surface area contributed by atoms with Crippen LogP contribution in [0.5, 0.6) is 0 Å². The van der Waals surface area contributed by atoms with E-state index in [0.29, 0.717) is 12.2 Å². The molecule has 3 aliphatic heterocycles. The van der Waals surface area contributed by atoms with Crippen molar-refractivity contribution in [3.05, 3.63) is 0 Å². The third kappa shape index (κ3) is 4.41. The van der Waals surface area contributed by atoms with E-state index in [2.05, 4.69) is 22.0 Å². The van der Waals surface area contributed by atoms with Gasteiger partial charge in [-0.3, -0.25) is 9.80 Å². The Bertz CT molecular complexity index is 312. The van der Waals surface area contributed by atoms with Gasteiger partial charge in [0.1, 0.15) is 0 Å². The van der Waals surface area contributed by atoms with E-state index in [9.17, 15) is 0 Å². The third-order valence-electron chi connectivity index (χ3n) is 5.34. The highest BCUT2D eigenvalue weighted by atomic mass is 16.5. The van der Waals surface area contributed by atoms with Crippen LogP contribution in [0.25, 0.3) is 0 Å². The van der Waals surface area contributed by atoms with Crippen molar-refractivity contribution in [2.45, 2.75) is 63.7 Å². The average Bonchev–Trinajstić information content (AvgIpc) is 3.06. The van der Waals surface area contributed by atoms with Crippen LogP contribution >= 0.6 is 0 Å². The van der Waals surface area contributed by atoms with Gasteiger partial charge in [0, 0.05) is 25.7 Å². The second kappa shape index (κ2) is 7.91. The standard InChI is InChI=1S/C17H33N3O/c1-2-8-18-12-16-6-7-17(21-16)14-19-9-4-11-20-10-3-5-15(20)13-19/h15-18H,2-14H2,1H3. The van der Waals surface area contributed by atoms with Gasteiger partial charge in [-0.25, -0.2) is 0 Å². The Hall–Kier alpha value is -0.160. The molecule has 3 aliphatic rings. The molecule has 0 aromatic rings. The van der Waals surface area contributed by atoms with Crippen LogP contribution in [0.3, 0.4) is 0 Å². The molecule has 0 spiro atoms. The molecule has 3 atom stereocenters. The van der Waals surface area contributed by atoms with Crippen LogP contribution in [-0.2, 0) is 4.74 Å². The number of ether oxygens (including phenoxy) is 1. The predicted molar refractivity (Wildman–Crippen MR) is 86.7 cm³/mol. The van der Waals surface area contributed by atoms with Crippen LogP contribution in [-0.4, -0.2) is 73.9 Å². The summed E-state index contributed by atoms with van der Waals surface area (Å²) in [7, 11) is 0. The van der Waals surface area contributed by atoms with Crippen molar-refractivity contribution < 1.29 is 4.74 Å². The van der Waals surface area contributed by atoms with Gasteiger partial charge in [-0.05, 0) is 64.7 Å². The fourth-order valence-electron chi connectivity index (χ4n) is 4.24. The molecule has 0 amide bonds. The van der Waals surface area contributed by atoms with E-state index < -0.39 is 0 Å². The number of fused-ring (bicyclic) bond motifs is 1. The predicted octanol–water partition coefficient (Wildman–Crippen LogP) is 1.70. The van der Waals surface area contributed by atoms with Crippen LogP contribution in [0.2, 0.25) is 0 Å². The van der Waals surface area contributed by atoms with Crippen molar-refractivity contribution in [1.82, 2.24) is 15.1 Å². The molecule has 21 heavy (non-hydrogen) atoms. The highest BCUT2D eigenvalue weighted by molar-refractivity contribution is 4.86. The zero-order valence-electron chi connectivity index (χ0n) is 13.7. The summed E-state index contributed by atoms with van der Waals surface area (Å²) in [6, 6.07) is 0.830. The number of nitrogens with one attached hydrogen (secondary N) is 1. The Kier molecular flexibility index (Phi) is 5.92. The molecule has 3 rings (SSSR count). The van der Waals surface area contributed by atoms with Gasteiger partial charge in [0.05, 0.1) is 12.2 Å². The van der Waals surface area contributed by atoms with Gasteiger partial charge < -0.3 is 10.1 Å². The first kappa shape index (κ1) is 15.7. The minimum Gasteiger partial charge on any atom is -0.372 e. The van der Waals surface area contributed by atoms with Gasteiger partial charge in [0.2, 0.25) is 0 Å².